The third-order valence-electron chi connectivity index (χ3n) is 5.55. The second-order valence-electron chi connectivity index (χ2n) is 7.62. The Bertz CT molecular complexity index is 1120. The molecule has 1 unspecified atom stereocenters. The molecule has 1 N–H and O–H groups in total. The number of para-hydroxylation sites is 1. The van der Waals surface area contributed by atoms with Crippen LogP contribution >= 0.6 is 0 Å². The fraction of sp³-hybridized carbons (Fsp3) is 0.304. The first-order valence-electron chi connectivity index (χ1n) is 10.5. The molecule has 0 saturated heterocycles. The normalized spacial score (nSPS) is 15.8. The Kier molecular flexibility index (Phi) is 5.11. The van der Waals surface area contributed by atoms with E-state index in [9.17, 15) is 0 Å². The van der Waals surface area contributed by atoms with Crippen LogP contribution in [0.2, 0.25) is 0 Å². The second-order valence-corrected chi connectivity index (χ2v) is 7.62. The van der Waals surface area contributed by atoms with Crippen molar-refractivity contribution in [1.29, 1.82) is 0 Å². The van der Waals surface area contributed by atoms with Gasteiger partial charge in [0.1, 0.15) is 5.82 Å². The Labute approximate surface area is 175 Å². The molecule has 5 rings (SSSR count). The van der Waals surface area contributed by atoms with Crippen LogP contribution in [-0.2, 0) is 25.9 Å². The van der Waals surface area contributed by atoms with Crippen LogP contribution in [0, 0.1) is 0 Å². The molecule has 1 aliphatic rings. The predicted molar refractivity (Wildman–Crippen MR) is 115 cm³/mol. The molecule has 152 valence electrons. The zero-order chi connectivity index (χ0) is 20.3. The van der Waals surface area contributed by atoms with Crippen molar-refractivity contribution in [1.82, 2.24) is 34.8 Å². The number of nitrogens with one attached hydrogen (secondary N) is 1. The van der Waals surface area contributed by atoms with E-state index >= 15 is 0 Å². The van der Waals surface area contributed by atoms with Crippen molar-refractivity contribution in [3.05, 3.63) is 78.3 Å². The molecule has 4 aromatic rings. The van der Waals surface area contributed by atoms with Gasteiger partial charge in [-0.3, -0.25) is 4.98 Å². The Balaban J connectivity index is 1.37. The molecular weight excluding hydrogens is 374 g/mol. The maximum absolute atomic E-state index is 4.87. The zero-order valence-electron chi connectivity index (χ0n) is 17.1. The summed E-state index contributed by atoms with van der Waals surface area (Å²) >= 11 is 0. The number of aryl methyl sites for hydroxylation is 2. The molecule has 1 aliphatic heterocycles. The zero-order valence-corrected chi connectivity index (χ0v) is 17.1. The summed E-state index contributed by atoms with van der Waals surface area (Å²) in [5.74, 6) is 2.05. The number of benzene rings is 1. The van der Waals surface area contributed by atoms with Crippen LogP contribution < -0.4 is 5.32 Å². The topological polar surface area (TPSA) is 73.5 Å². The van der Waals surface area contributed by atoms with Gasteiger partial charge in [0.15, 0.2) is 5.82 Å². The van der Waals surface area contributed by atoms with E-state index in [2.05, 4.69) is 56.4 Å². The average Bonchev–Trinajstić information content (AvgIpc) is 3.42. The van der Waals surface area contributed by atoms with Gasteiger partial charge in [0.05, 0.1) is 17.9 Å². The first kappa shape index (κ1) is 18.7. The van der Waals surface area contributed by atoms with Gasteiger partial charge in [-0.05, 0) is 30.7 Å². The highest BCUT2D eigenvalue weighted by atomic mass is 15.4. The van der Waals surface area contributed by atoms with Gasteiger partial charge >= 0.3 is 0 Å². The molecule has 1 atom stereocenters. The lowest BCUT2D eigenvalue weighted by Crippen LogP contribution is -2.37. The fourth-order valence-corrected chi connectivity index (χ4v) is 3.93. The van der Waals surface area contributed by atoms with Crippen molar-refractivity contribution in [3.8, 4) is 16.9 Å². The van der Waals surface area contributed by atoms with Crippen molar-refractivity contribution in [3.63, 3.8) is 0 Å². The van der Waals surface area contributed by atoms with Gasteiger partial charge in [-0.25, -0.2) is 14.3 Å². The van der Waals surface area contributed by atoms with Crippen molar-refractivity contribution in [2.75, 3.05) is 0 Å². The Morgan fingerprint density at radius 2 is 2.00 bits per heavy atom. The minimum atomic E-state index is 0.366. The van der Waals surface area contributed by atoms with Gasteiger partial charge in [0, 0.05) is 55.1 Å². The lowest BCUT2D eigenvalue weighted by molar-refractivity contribution is 0.357. The standard InChI is InChI=1S/C23H25N7/c1-2-21-26-22-11-10-19(16-30(22)27-21)25-14-18-15-29(20-8-4-3-5-9-20)28-23(18)17-7-6-12-24-13-17/h3-9,12-13,15,19,25H,2,10-11,14,16H2,1H3. The van der Waals surface area contributed by atoms with E-state index in [0.29, 0.717) is 6.04 Å². The smallest absolute Gasteiger partial charge is 0.150 e. The summed E-state index contributed by atoms with van der Waals surface area (Å²) in [6, 6.07) is 14.6. The quantitative estimate of drug-likeness (QED) is 0.539. The van der Waals surface area contributed by atoms with Crippen LogP contribution in [0.1, 0.15) is 30.6 Å². The lowest BCUT2D eigenvalue weighted by atomic mass is 10.1. The van der Waals surface area contributed by atoms with Gasteiger partial charge in [-0.2, -0.15) is 10.2 Å². The van der Waals surface area contributed by atoms with Crippen LogP contribution in [0.15, 0.2) is 61.1 Å². The lowest BCUT2D eigenvalue weighted by Gasteiger charge is -2.23. The maximum atomic E-state index is 4.87. The molecule has 0 aliphatic carbocycles. The third-order valence-corrected chi connectivity index (χ3v) is 5.55. The first-order valence-corrected chi connectivity index (χ1v) is 10.5. The second kappa shape index (κ2) is 8.20. The molecule has 7 nitrogen and oxygen atoms in total. The summed E-state index contributed by atoms with van der Waals surface area (Å²) in [6.07, 6.45) is 8.68. The molecule has 0 radical (unpaired) electrons. The third kappa shape index (κ3) is 3.76. The minimum Gasteiger partial charge on any atom is -0.308 e. The summed E-state index contributed by atoms with van der Waals surface area (Å²) in [6.45, 7) is 3.70. The van der Waals surface area contributed by atoms with Crippen LogP contribution in [0.25, 0.3) is 16.9 Å². The molecule has 7 heteroatoms. The van der Waals surface area contributed by atoms with E-state index < -0.39 is 0 Å². The van der Waals surface area contributed by atoms with Gasteiger partial charge in [-0.1, -0.05) is 25.1 Å². The summed E-state index contributed by atoms with van der Waals surface area (Å²) in [5, 5.41) is 13.2. The summed E-state index contributed by atoms with van der Waals surface area (Å²) in [4.78, 5) is 8.90. The number of fused-ring (bicyclic) bond motifs is 1. The highest BCUT2D eigenvalue weighted by Crippen LogP contribution is 2.23. The molecule has 0 spiro atoms. The maximum Gasteiger partial charge on any atom is 0.150 e. The number of hydrogen-bond donors (Lipinski definition) is 1. The molecule has 0 saturated carbocycles. The number of hydrogen-bond acceptors (Lipinski definition) is 5. The van der Waals surface area contributed by atoms with Crippen LogP contribution in [0.5, 0.6) is 0 Å². The van der Waals surface area contributed by atoms with Crippen LogP contribution in [0.3, 0.4) is 0 Å². The highest BCUT2D eigenvalue weighted by molar-refractivity contribution is 5.62. The number of rotatable bonds is 6. The van der Waals surface area contributed by atoms with Gasteiger partial charge in [0.2, 0.25) is 0 Å². The van der Waals surface area contributed by atoms with E-state index in [1.165, 1.54) is 0 Å². The summed E-state index contributed by atoms with van der Waals surface area (Å²) < 4.78 is 4.01. The van der Waals surface area contributed by atoms with Crippen molar-refractivity contribution in [2.45, 2.75) is 45.3 Å². The van der Waals surface area contributed by atoms with Crippen LogP contribution in [0.4, 0.5) is 0 Å². The molecule has 3 aromatic heterocycles. The van der Waals surface area contributed by atoms with Crippen LogP contribution in [-0.4, -0.2) is 35.6 Å². The van der Waals surface area contributed by atoms with Crippen molar-refractivity contribution < 1.29 is 0 Å². The Morgan fingerprint density at radius 1 is 1.10 bits per heavy atom. The molecule has 0 amide bonds. The highest BCUT2D eigenvalue weighted by Gasteiger charge is 2.22. The Hall–Kier alpha value is -3.32. The molecule has 30 heavy (non-hydrogen) atoms. The van der Waals surface area contributed by atoms with E-state index in [1.54, 1.807) is 6.20 Å². The fourth-order valence-electron chi connectivity index (χ4n) is 3.93. The van der Waals surface area contributed by atoms with Crippen molar-refractivity contribution >= 4 is 0 Å². The van der Waals surface area contributed by atoms with E-state index in [1.807, 2.05) is 35.1 Å². The molecule has 0 fully saturated rings. The average molecular weight is 400 g/mol. The van der Waals surface area contributed by atoms with Crippen molar-refractivity contribution in [2.24, 2.45) is 0 Å². The van der Waals surface area contributed by atoms with E-state index in [0.717, 1.165) is 66.5 Å². The Morgan fingerprint density at radius 3 is 2.80 bits per heavy atom. The SMILES string of the molecule is CCc1nc2n(n1)CC(NCc1cn(-c3ccccc3)nc1-c1cccnc1)CC2. The van der Waals surface area contributed by atoms with E-state index in [-0.39, 0.29) is 0 Å². The monoisotopic (exact) mass is 399 g/mol. The largest absolute Gasteiger partial charge is 0.308 e. The van der Waals surface area contributed by atoms with Gasteiger partial charge in [0.25, 0.3) is 0 Å². The minimum absolute atomic E-state index is 0.366. The molecule has 1 aromatic carbocycles. The molecule has 0 bridgehead atoms. The predicted octanol–water partition coefficient (Wildman–Crippen LogP) is 3.19. The van der Waals surface area contributed by atoms with Gasteiger partial charge < -0.3 is 5.32 Å². The number of aromatic nitrogens is 6. The number of nitrogens with zero attached hydrogens (tertiary/aromatic N) is 6. The van der Waals surface area contributed by atoms with Gasteiger partial charge in [-0.15, -0.1) is 0 Å². The molecular formula is C23H25N7. The van der Waals surface area contributed by atoms with E-state index in [4.69, 9.17) is 5.10 Å². The summed E-state index contributed by atoms with van der Waals surface area (Å²) in [5.41, 5.74) is 4.19. The summed E-state index contributed by atoms with van der Waals surface area (Å²) in [7, 11) is 0. The number of pyridine rings is 1. The first-order chi connectivity index (χ1) is 14.8. The molecule has 4 heterocycles.